The Labute approximate surface area is 183 Å². The summed E-state index contributed by atoms with van der Waals surface area (Å²) in [7, 11) is 0. The summed E-state index contributed by atoms with van der Waals surface area (Å²) in [5.41, 5.74) is 1.35. The maximum Gasteiger partial charge on any atom is 0.255 e. The normalized spacial score (nSPS) is 11.6. The molecule has 7 heteroatoms. The second-order valence-electron chi connectivity index (χ2n) is 6.25. The van der Waals surface area contributed by atoms with Gasteiger partial charge in [-0.05, 0) is 49.4 Å². The van der Waals surface area contributed by atoms with Crippen molar-refractivity contribution in [3.8, 4) is 5.75 Å². The molecule has 3 rings (SSSR count). The maximum absolute atomic E-state index is 12.5. The number of amides is 1. The third-order valence-corrected chi connectivity index (χ3v) is 5.04. The molecule has 1 N–H and O–H groups in total. The number of ketones is 1. The zero-order valence-corrected chi connectivity index (χ0v) is 17.6. The number of hydrogen-bond acceptors (Lipinski definition) is 3. The van der Waals surface area contributed by atoms with Crippen molar-refractivity contribution in [3.05, 3.63) is 92.9 Å². The number of carbonyl (C=O) groups is 2. The highest BCUT2D eigenvalue weighted by Crippen LogP contribution is 2.24. The van der Waals surface area contributed by atoms with E-state index < -0.39 is 6.10 Å². The smallest absolute Gasteiger partial charge is 0.255 e. The lowest BCUT2D eigenvalue weighted by atomic mass is 10.1. The molecule has 0 spiro atoms. The summed E-state index contributed by atoms with van der Waals surface area (Å²) in [6.45, 7) is 1.66. The summed E-state index contributed by atoms with van der Waals surface area (Å²) in [5.74, 6) is -0.0960. The van der Waals surface area contributed by atoms with Gasteiger partial charge in [0, 0.05) is 27.9 Å². The zero-order valence-electron chi connectivity index (χ0n) is 15.3. The molecule has 0 heterocycles. The number of benzene rings is 3. The standard InChI is InChI=1S/C22H16Cl3NO3/c1-13(21(27)14-4-2-5-16(23)10-14)29-18-7-3-6-17(12-18)26-22(28)15-8-9-19(24)20(25)11-15/h2-13H,1H3,(H,26,28). The van der Waals surface area contributed by atoms with Gasteiger partial charge in [0.25, 0.3) is 5.91 Å². The number of halogens is 3. The first-order chi connectivity index (χ1) is 13.8. The van der Waals surface area contributed by atoms with Crippen LogP contribution in [0.2, 0.25) is 15.1 Å². The molecule has 3 aromatic carbocycles. The molecular formula is C22H16Cl3NO3. The van der Waals surface area contributed by atoms with Crippen LogP contribution < -0.4 is 10.1 Å². The van der Waals surface area contributed by atoms with E-state index in [1.807, 2.05) is 0 Å². The minimum absolute atomic E-state index is 0.197. The lowest BCUT2D eigenvalue weighted by molar-refractivity contribution is 0.0818. The minimum Gasteiger partial charge on any atom is -0.482 e. The number of anilines is 1. The van der Waals surface area contributed by atoms with Gasteiger partial charge in [-0.1, -0.05) is 53.0 Å². The van der Waals surface area contributed by atoms with Gasteiger partial charge >= 0.3 is 0 Å². The zero-order chi connectivity index (χ0) is 21.0. The fourth-order valence-electron chi connectivity index (χ4n) is 2.62. The molecule has 0 fully saturated rings. The number of ether oxygens (including phenoxy) is 1. The van der Waals surface area contributed by atoms with Crippen molar-refractivity contribution in [1.82, 2.24) is 0 Å². The molecule has 1 amide bonds. The summed E-state index contributed by atoms with van der Waals surface area (Å²) in [6.07, 6.45) is -0.727. The van der Waals surface area contributed by atoms with Gasteiger partial charge in [0.2, 0.25) is 5.78 Å². The van der Waals surface area contributed by atoms with Gasteiger partial charge in [-0.25, -0.2) is 0 Å². The Kier molecular flexibility index (Phi) is 6.80. The van der Waals surface area contributed by atoms with E-state index in [4.69, 9.17) is 39.5 Å². The van der Waals surface area contributed by atoms with Gasteiger partial charge in [-0.3, -0.25) is 9.59 Å². The largest absolute Gasteiger partial charge is 0.482 e. The molecule has 0 aliphatic carbocycles. The van der Waals surface area contributed by atoms with Crippen LogP contribution in [-0.4, -0.2) is 17.8 Å². The quantitative estimate of drug-likeness (QED) is 0.435. The van der Waals surface area contributed by atoms with Crippen LogP contribution in [0.5, 0.6) is 5.75 Å². The van der Waals surface area contributed by atoms with Crippen LogP contribution in [0.4, 0.5) is 5.69 Å². The Bertz CT molecular complexity index is 1070. The Morgan fingerprint density at radius 1 is 0.862 bits per heavy atom. The molecule has 0 aliphatic heterocycles. The highest BCUT2D eigenvalue weighted by atomic mass is 35.5. The molecule has 0 radical (unpaired) electrons. The van der Waals surface area contributed by atoms with Crippen molar-refractivity contribution in [2.24, 2.45) is 0 Å². The second-order valence-corrected chi connectivity index (χ2v) is 7.50. The highest BCUT2D eigenvalue weighted by molar-refractivity contribution is 6.42. The number of rotatable bonds is 6. The molecule has 0 saturated heterocycles. The first-order valence-electron chi connectivity index (χ1n) is 8.66. The van der Waals surface area contributed by atoms with Crippen LogP contribution in [0.25, 0.3) is 0 Å². The molecule has 29 heavy (non-hydrogen) atoms. The van der Waals surface area contributed by atoms with E-state index in [-0.39, 0.29) is 11.7 Å². The Balaban J connectivity index is 1.69. The van der Waals surface area contributed by atoms with Gasteiger partial charge in [0.1, 0.15) is 5.75 Å². The van der Waals surface area contributed by atoms with Gasteiger partial charge < -0.3 is 10.1 Å². The molecular weight excluding hydrogens is 433 g/mol. The van der Waals surface area contributed by atoms with Crippen LogP contribution >= 0.6 is 34.8 Å². The summed E-state index contributed by atoms with van der Waals surface area (Å²) in [6, 6.07) is 18.1. The number of Topliss-reactive ketones (excluding diaryl/α,β-unsaturated/α-hetero) is 1. The third-order valence-electron chi connectivity index (χ3n) is 4.06. The molecule has 4 nitrogen and oxygen atoms in total. The van der Waals surface area contributed by atoms with Crippen LogP contribution in [-0.2, 0) is 0 Å². The first-order valence-corrected chi connectivity index (χ1v) is 9.80. The van der Waals surface area contributed by atoms with Gasteiger partial charge in [0.05, 0.1) is 10.0 Å². The minimum atomic E-state index is -0.727. The van der Waals surface area contributed by atoms with Crippen molar-refractivity contribution in [2.75, 3.05) is 5.32 Å². The van der Waals surface area contributed by atoms with E-state index in [9.17, 15) is 9.59 Å². The van der Waals surface area contributed by atoms with Crippen LogP contribution in [0.1, 0.15) is 27.6 Å². The van der Waals surface area contributed by atoms with E-state index in [1.165, 1.54) is 6.07 Å². The Morgan fingerprint density at radius 3 is 2.34 bits per heavy atom. The topological polar surface area (TPSA) is 55.4 Å². The number of nitrogens with one attached hydrogen (secondary N) is 1. The van der Waals surface area contributed by atoms with Crippen LogP contribution in [0.15, 0.2) is 66.7 Å². The number of hydrogen-bond donors (Lipinski definition) is 1. The van der Waals surface area contributed by atoms with Gasteiger partial charge in [-0.2, -0.15) is 0 Å². The Hall–Kier alpha value is -2.53. The van der Waals surface area contributed by atoms with Crippen molar-refractivity contribution >= 4 is 52.2 Å². The molecule has 0 saturated carbocycles. The average molecular weight is 449 g/mol. The third kappa shape index (κ3) is 5.51. The number of carbonyl (C=O) groups excluding carboxylic acids is 2. The fourth-order valence-corrected chi connectivity index (χ4v) is 3.11. The maximum atomic E-state index is 12.5. The molecule has 1 atom stereocenters. The highest BCUT2D eigenvalue weighted by Gasteiger charge is 2.17. The Morgan fingerprint density at radius 2 is 1.62 bits per heavy atom. The van der Waals surface area contributed by atoms with E-state index in [1.54, 1.807) is 67.6 Å². The lowest BCUT2D eigenvalue weighted by Gasteiger charge is -2.15. The van der Waals surface area contributed by atoms with Gasteiger partial charge in [0.15, 0.2) is 6.10 Å². The molecule has 148 valence electrons. The summed E-state index contributed by atoms with van der Waals surface area (Å²) in [5, 5.41) is 3.91. The van der Waals surface area contributed by atoms with Gasteiger partial charge in [-0.15, -0.1) is 0 Å². The summed E-state index contributed by atoms with van der Waals surface area (Å²) < 4.78 is 5.75. The van der Waals surface area contributed by atoms with E-state index in [0.29, 0.717) is 37.6 Å². The van der Waals surface area contributed by atoms with Crippen LogP contribution in [0, 0.1) is 0 Å². The molecule has 3 aromatic rings. The summed E-state index contributed by atoms with van der Waals surface area (Å²) in [4.78, 5) is 24.9. The van der Waals surface area contributed by atoms with Crippen molar-refractivity contribution < 1.29 is 14.3 Å². The second kappa shape index (κ2) is 9.31. The first kappa shape index (κ1) is 21.2. The average Bonchev–Trinajstić information content (AvgIpc) is 2.69. The fraction of sp³-hybridized carbons (Fsp3) is 0.0909. The predicted molar refractivity (Wildman–Crippen MR) is 117 cm³/mol. The van der Waals surface area contributed by atoms with E-state index >= 15 is 0 Å². The summed E-state index contributed by atoms with van der Waals surface area (Å²) >= 11 is 17.8. The SMILES string of the molecule is CC(Oc1cccc(NC(=O)c2ccc(Cl)c(Cl)c2)c1)C(=O)c1cccc(Cl)c1. The van der Waals surface area contributed by atoms with Crippen LogP contribution in [0.3, 0.4) is 0 Å². The monoisotopic (exact) mass is 447 g/mol. The van der Waals surface area contributed by atoms with Crippen molar-refractivity contribution in [3.63, 3.8) is 0 Å². The molecule has 1 unspecified atom stereocenters. The van der Waals surface area contributed by atoms with Crippen molar-refractivity contribution in [1.29, 1.82) is 0 Å². The van der Waals surface area contributed by atoms with E-state index in [0.717, 1.165) is 0 Å². The molecule has 0 bridgehead atoms. The van der Waals surface area contributed by atoms with Crippen molar-refractivity contribution in [2.45, 2.75) is 13.0 Å². The molecule has 0 aromatic heterocycles. The molecule has 0 aliphatic rings. The predicted octanol–water partition coefficient (Wildman–Crippen LogP) is 6.55. The van der Waals surface area contributed by atoms with E-state index in [2.05, 4.69) is 5.32 Å². The lowest BCUT2D eigenvalue weighted by Crippen LogP contribution is -2.24.